The van der Waals surface area contributed by atoms with Crippen LogP contribution in [0.2, 0.25) is 0 Å². The van der Waals surface area contributed by atoms with E-state index in [0.29, 0.717) is 6.61 Å². The van der Waals surface area contributed by atoms with Gasteiger partial charge in [0, 0.05) is 20.3 Å². The van der Waals surface area contributed by atoms with E-state index in [1.54, 1.807) is 7.11 Å². The topological polar surface area (TPSA) is 27.7 Å². The van der Waals surface area contributed by atoms with Crippen LogP contribution >= 0.6 is 0 Å². The van der Waals surface area contributed by atoms with Crippen LogP contribution in [0.3, 0.4) is 0 Å². The molecule has 0 bridgehead atoms. The third-order valence-corrected chi connectivity index (χ3v) is 4.10. The van der Waals surface area contributed by atoms with E-state index in [4.69, 9.17) is 14.2 Å². The van der Waals surface area contributed by atoms with Gasteiger partial charge in [-0.3, -0.25) is 0 Å². The third kappa shape index (κ3) is 11.5. The summed E-state index contributed by atoms with van der Waals surface area (Å²) in [4.78, 5) is 0. The molecule has 24 heavy (non-hydrogen) atoms. The van der Waals surface area contributed by atoms with Crippen LogP contribution in [-0.2, 0) is 16.1 Å². The average molecular weight is 337 g/mol. The van der Waals surface area contributed by atoms with Gasteiger partial charge in [0.05, 0.1) is 13.2 Å². The highest BCUT2D eigenvalue weighted by molar-refractivity contribution is 5.26. The van der Waals surface area contributed by atoms with Gasteiger partial charge in [-0.2, -0.15) is 0 Å². The van der Waals surface area contributed by atoms with Crippen molar-refractivity contribution < 1.29 is 14.2 Å². The predicted octanol–water partition coefficient (Wildman–Crippen LogP) is 5.76. The number of methoxy groups -OCH3 is 1. The van der Waals surface area contributed by atoms with Crippen LogP contribution in [0.4, 0.5) is 0 Å². The fraction of sp³-hybridized carbons (Fsp3) is 0.714. The van der Waals surface area contributed by atoms with Crippen LogP contribution in [0.15, 0.2) is 24.3 Å². The average Bonchev–Trinajstić information content (AvgIpc) is 2.61. The van der Waals surface area contributed by atoms with E-state index in [1.165, 1.54) is 50.5 Å². The molecule has 0 fully saturated rings. The fourth-order valence-electron chi connectivity index (χ4n) is 2.57. The summed E-state index contributed by atoms with van der Waals surface area (Å²) in [6.07, 6.45) is 11.1. The normalized spacial score (nSPS) is 10.9. The number of hydrogen-bond acceptors (Lipinski definition) is 3. The second kappa shape index (κ2) is 15.5. The smallest absolute Gasteiger partial charge is 0.119 e. The Labute approximate surface area is 148 Å². The van der Waals surface area contributed by atoms with Crippen molar-refractivity contribution in [2.24, 2.45) is 0 Å². The molecule has 138 valence electrons. The SMILES string of the molecule is CCCCCCCOCc1ccc(OCCCCCCOC)cc1. The Morgan fingerprint density at radius 3 is 2.00 bits per heavy atom. The monoisotopic (exact) mass is 336 g/mol. The molecule has 0 N–H and O–H groups in total. The van der Waals surface area contributed by atoms with Crippen molar-refractivity contribution >= 4 is 0 Å². The van der Waals surface area contributed by atoms with Crippen molar-refractivity contribution in [3.8, 4) is 5.75 Å². The zero-order valence-corrected chi connectivity index (χ0v) is 15.7. The predicted molar refractivity (Wildman–Crippen MR) is 101 cm³/mol. The van der Waals surface area contributed by atoms with Gasteiger partial charge in [-0.15, -0.1) is 0 Å². The molecule has 1 aromatic rings. The molecule has 0 aliphatic heterocycles. The van der Waals surface area contributed by atoms with Gasteiger partial charge in [-0.1, -0.05) is 51.2 Å². The van der Waals surface area contributed by atoms with Crippen LogP contribution in [0.1, 0.15) is 70.3 Å². The van der Waals surface area contributed by atoms with E-state index >= 15 is 0 Å². The Kier molecular flexibility index (Phi) is 13.5. The van der Waals surface area contributed by atoms with E-state index in [9.17, 15) is 0 Å². The van der Waals surface area contributed by atoms with Crippen molar-refractivity contribution in [1.82, 2.24) is 0 Å². The maximum Gasteiger partial charge on any atom is 0.119 e. The maximum absolute atomic E-state index is 5.78. The molecule has 0 amide bonds. The molecule has 3 heteroatoms. The minimum absolute atomic E-state index is 0.702. The van der Waals surface area contributed by atoms with Crippen molar-refractivity contribution in [3.63, 3.8) is 0 Å². The molecule has 1 aromatic carbocycles. The molecule has 0 aliphatic rings. The highest BCUT2D eigenvalue weighted by Gasteiger charge is 1.97. The zero-order chi connectivity index (χ0) is 17.3. The minimum atomic E-state index is 0.702. The summed E-state index contributed by atoms with van der Waals surface area (Å²) in [6.45, 7) is 5.47. The van der Waals surface area contributed by atoms with Crippen LogP contribution in [0.5, 0.6) is 5.75 Å². The highest BCUT2D eigenvalue weighted by atomic mass is 16.5. The lowest BCUT2D eigenvalue weighted by Gasteiger charge is -2.08. The first-order chi connectivity index (χ1) is 11.9. The van der Waals surface area contributed by atoms with Crippen LogP contribution in [0.25, 0.3) is 0 Å². The van der Waals surface area contributed by atoms with Gasteiger partial charge >= 0.3 is 0 Å². The van der Waals surface area contributed by atoms with Crippen LogP contribution in [-0.4, -0.2) is 26.9 Å². The van der Waals surface area contributed by atoms with E-state index in [-0.39, 0.29) is 0 Å². The van der Waals surface area contributed by atoms with E-state index in [0.717, 1.165) is 38.4 Å². The Hall–Kier alpha value is -1.06. The lowest BCUT2D eigenvalue weighted by atomic mass is 10.2. The summed E-state index contributed by atoms with van der Waals surface area (Å²) in [7, 11) is 1.76. The summed E-state index contributed by atoms with van der Waals surface area (Å²) in [5.41, 5.74) is 1.22. The van der Waals surface area contributed by atoms with Gasteiger partial charge in [0.15, 0.2) is 0 Å². The largest absolute Gasteiger partial charge is 0.494 e. The molecule has 0 aliphatic carbocycles. The molecule has 0 radical (unpaired) electrons. The molecular weight excluding hydrogens is 300 g/mol. The van der Waals surface area contributed by atoms with Gasteiger partial charge in [-0.05, 0) is 43.4 Å². The second-order valence-electron chi connectivity index (χ2n) is 6.37. The first-order valence-electron chi connectivity index (χ1n) is 9.65. The van der Waals surface area contributed by atoms with Crippen molar-refractivity contribution in [2.45, 2.75) is 71.3 Å². The molecular formula is C21H36O3. The third-order valence-electron chi connectivity index (χ3n) is 4.10. The maximum atomic E-state index is 5.78. The van der Waals surface area contributed by atoms with E-state index in [1.807, 2.05) is 12.1 Å². The molecule has 0 unspecified atom stereocenters. The number of rotatable bonds is 16. The molecule has 0 aromatic heterocycles. The van der Waals surface area contributed by atoms with E-state index in [2.05, 4.69) is 19.1 Å². The van der Waals surface area contributed by atoms with Gasteiger partial charge in [-0.25, -0.2) is 0 Å². The number of unbranched alkanes of at least 4 members (excludes halogenated alkanes) is 7. The lowest BCUT2D eigenvalue weighted by Crippen LogP contribution is -1.99. The van der Waals surface area contributed by atoms with Gasteiger partial charge in [0.2, 0.25) is 0 Å². The van der Waals surface area contributed by atoms with Crippen molar-refractivity contribution in [1.29, 1.82) is 0 Å². The standard InChI is InChI=1S/C21H36O3/c1-3-4-5-6-10-17-23-19-20-12-14-21(15-13-20)24-18-11-8-7-9-16-22-2/h12-15H,3-11,16-19H2,1-2H3. The zero-order valence-electron chi connectivity index (χ0n) is 15.7. The molecule has 3 nitrogen and oxygen atoms in total. The number of ether oxygens (including phenoxy) is 3. The quantitative estimate of drug-likeness (QED) is 0.359. The van der Waals surface area contributed by atoms with Gasteiger partial charge < -0.3 is 14.2 Å². The van der Waals surface area contributed by atoms with Gasteiger partial charge in [0.1, 0.15) is 5.75 Å². The van der Waals surface area contributed by atoms with Crippen molar-refractivity contribution in [3.05, 3.63) is 29.8 Å². The number of hydrogen-bond donors (Lipinski definition) is 0. The number of benzene rings is 1. The molecule has 0 heterocycles. The Morgan fingerprint density at radius 1 is 0.708 bits per heavy atom. The Balaban J connectivity index is 2.02. The van der Waals surface area contributed by atoms with Gasteiger partial charge in [0.25, 0.3) is 0 Å². The Bertz CT molecular complexity index is 338. The summed E-state index contributed by atoms with van der Waals surface area (Å²) in [5.74, 6) is 0.954. The summed E-state index contributed by atoms with van der Waals surface area (Å²) in [6, 6.07) is 8.30. The fourth-order valence-corrected chi connectivity index (χ4v) is 2.57. The molecule has 0 saturated carbocycles. The van der Waals surface area contributed by atoms with E-state index < -0.39 is 0 Å². The first kappa shape index (κ1) is 21.0. The van der Waals surface area contributed by atoms with Crippen LogP contribution < -0.4 is 4.74 Å². The minimum Gasteiger partial charge on any atom is -0.494 e. The highest BCUT2D eigenvalue weighted by Crippen LogP contribution is 2.14. The van der Waals surface area contributed by atoms with Crippen molar-refractivity contribution in [2.75, 3.05) is 26.9 Å². The molecule has 1 rings (SSSR count). The summed E-state index contributed by atoms with van der Waals surface area (Å²) < 4.78 is 16.6. The van der Waals surface area contributed by atoms with Crippen LogP contribution in [0, 0.1) is 0 Å². The molecule has 0 saturated heterocycles. The summed E-state index contributed by atoms with van der Waals surface area (Å²) >= 11 is 0. The summed E-state index contributed by atoms with van der Waals surface area (Å²) in [5, 5.41) is 0. The lowest BCUT2D eigenvalue weighted by molar-refractivity contribution is 0.116. The molecule has 0 atom stereocenters. The second-order valence-corrected chi connectivity index (χ2v) is 6.37. The molecule has 0 spiro atoms. The first-order valence-corrected chi connectivity index (χ1v) is 9.65. The Morgan fingerprint density at radius 2 is 1.33 bits per heavy atom.